The molecule has 126 valence electrons. The van der Waals surface area contributed by atoms with Crippen molar-refractivity contribution >= 4 is 27.1 Å². The smallest absolute Gasteiger partial charge is 0.163 e. The number of thiophene rings is 1. The Morgan fingerprint density at radius 2 is 2.12 bits per heavy atom. The molecule has 2 aliphatic rings. The largest absolute Gasteiger partial charge is 0.228 e. The van der Waals surface area contributed by atoms with Crippen molar-refractivity contribution in [3.05, 3.63) is 59.8 Å². The summed E-state index contributed by atoms with van der Waals surface area (Å²) in [5.41, 5.74) is 7.26. The summed E-state index contributed by atoms with van der Waals surface area (Å²) in [6.45, 7) is 9.19. The molecule has 1 unspecified atom stereocenters. The van der Waals surface area contributed by atoms with Gasteiger partial charge < -0.3 is 0 Å². The van der Waals surface area contributed by atoms with Gasteiger partial charge in [0.05, 0.1) is 5.41 Å². The summed E-state index contributed by atoms with van der Waals surface area (Å²) in [6.07, 6.45) is 8.13. The van der Waals surface area contributed by atoms with E-state index in [-0.39, 0.29) is 5.41 Å². The van der Waals surface area contributed by atoms with Gasteiger partial charge in [-0.2, -0.15) is 4.57 Å². The number of pyridine rings is 1. The van der Waals surface area contributed by atoms with E-state index in [0.29, 0.717) is 0 Å². The van der Waals surface area contributed by atoms with Crippen molar-refractivity contribution in [3.63, 3.8) is 0 Å². The van der Waals surface area contributed by atoms with Gasteiger partial charge in [-0.25, -0.2) is 0 Å². The Bertz CT molecular complexity index is 1030. The minimum absolute atomic E-state index is 0.0648. The predicted octanol–water partition coefficient (Wildman–Crippen LogP) is 5.89. The molecule has 0 spiro atoms. The van der Waals surface area contributed by atoms with Gasteiger partial charge in [-0.1, -0.05) is 26.3 Å². The van der Waals surface area contributed by atoms with Crippen LogP contribution in [0.4, 0.5) is 0 Å². The van der Waals surface area contributed by atoms with Gasteiger partial charge in [-0.3, -0.25) is 0 Å². The lowest BCUT2D eigenvalue weighted by Crippen LogP contribution is -2.49. The number of rotatable bonds is 4. The highest BCUT2D eigenvalue weighted by molar-refractivity contribution is 7.22. The fourth-order valence-electron chi connectivity index (χ4n) is 4.93. The minimum Gasteiger partial charge on any atom is -0.163 e. The van der Waals surface area contributed by atoms with E-state index in [1.807, 2.05) is 11.3 Å². The number of allylic oxidation sites excluding steroid dienone is 1. The van der Waals surface area contributed by atoms with Crippen molar-refractivity contribution in [1.29, 1.82) is 0 Å². The van der Waals surface area contributed by atoms with Crippen molar-refractivity contribution < 1.29 is 4.57 Å². The molecule has 0 saturated heterocycles. The van der Waals surface area contributed by atoms with Gasteiger partial charge in [0.1, 0.15) is 4.88 Å². The summed E-state index contributed by atoms with van der Waals surface area (Å²) in [5.74, 6) is 0. The van der Waals surface area contributed by atoms with Gasteiger partial charge in [-0.05, 0) is 60.9 Å². The van der Waals surface area contributed by atoms with Gasteiger partial charge >= 0.3 is 0 Å². The SMILES string of the molecule is C=C1[n+]2ccccc2-c2sc3c(CCCC)cc4cc3c2C1(CC)C4. The molecule has 0 N–H and O–H groups in total. The van der Waals surface area contributed by atoms with E-state index in [9.17, 15) is 0 Å². The second-order valence-corrected chi connectivity index (χ2v) is 8.58. The third kappa shape index (κ3) is 1.86. The second kappa shape index (κ2) is 5.28. The summed E-state index contributed by atoms with van der Waals surface area (Å²) >= 11 is 2.01. The Labute approximate surface area is 153 Å². The number of unbranched alkanes of at least 4 members (excludes halogenated alkanes) is 1. The molecule has 0 fully saturated rings. The molecule has 2 bridgehead atoms. The molecule has 1 aromatic carbocycles. The van der Waals surface area contributed by atoms with Crippen molar-refractivity contribution in [1.82, 2.24) is 0 Å². The van der Waals surface area contributed by atoms with Gasteiger partial charge in [0.25, 0.3) is 0 Å². The Kier molecular flexibility index (Phi) is 3.24. The molecule has 3 aromatic rings. The number of nitrogens with zero attached hydrogens (tertiary/aromatic N) is 1. The first-order valence-electron chi connectivity index (χ1n) is 9.49. The van der Waals surface area contributed by atoms with E-state index >= 15 is 0 Å². The molecule has 1 nitrogen and oxygen atoms in total. The van der Waals surface area contributed by atoms with Crippen molar-refractivity contribution in [2.75, 3.05) is 0 Å². The average molecular weight is 347 g/mol. The number of fused-ring (bicyclic) bond motifs is 3. The van der Waals surface area contributed by atoms with Crippen LogP contribution in [0.15, 0.2) is 43.1 Å². The van der Waals surface area contributed by atoms with Crippen LogP contribution in [0.3, 0.4) is 0 Å². The molecule has 2 aromatic heterocycles. The van der Waals surface area contributed by atoms with Crippen LogP contribution in [0, 0.1) is 0 Å². The van der Waals surface area contributed by atoms with Crippen molar-refractivity contribution in [3.8, 4) is 10.6 Å². The van der Waals surface area contributed by atoms with E-state index in [4.69, 9.17) is 0 Å². The molecule has 3 heterocycles. The van der Waals surface area contributed by atoms with Crippen molar-refractivity contribution in [2.45, 2.75) is 51.4 Å². The Balaban J connectivity index is 1.89. The predicted molar refractivity (Wildman–Crippen MR) is 107 cm³/mol. The highest BCUT2D eigenvalue weighted by atomic mass is 32.1. The number of benzene rings is 1. The molecular formula is C23H24NS+. The number of hydrogen-bond donors (Lipinski definition) is 0. The minimum atomic E-state index is 0.0648. The highest BCUT2D eigenvalue weighted by Crippen LogP contribution is 2.55. The maximum absolute atomic E-state index is 4.58. The fraction of sp³-hybridized carbons (Fsp3) is 0.348. The lowest BCUT2D eigenvalue weighted by molar-refractivity contribution is -0.577. The number of aryl methyl sites for hydroxylation is 1. The first-order chi connectivity index (χ1) is 12.2. The summed E-state index contributed by atoms with van der Waals surface area (Å²) in [4.78, 5) is 1.47. The molecule has 0 saturated carbocycles. The van der Waals surface area contributed by atoms with E-state index in [1.165, 1.54) is 51.2 Å². The molecule has 0 amide bonds. The van der Waals surface area contributed by atoms with E-state index in [0.717, 1.165) is 12.8 Å². The van der Waals surface area contributed by atoms with Crippen LogP contribution in [0.1, 0.15) is 49.8 Å². The molecule has 5 rings (SSSR count). The first-order valence-corrected chi connectivity index (χ1v) is 10.3. The van der Waals surface area contributed by atoms with Crippen LogP contribution < -0.4 is 4.57 Å². The van der Waals surface area contributed by atoms with Crippen LogP contribution in [0.25, 0.3) is 26.4 Å². The van der Waals surface area contributed by atoms with Gasteiger partial charge in [0.15, 0.2) is 11.9 Å². The van der Waals surface area contributed by atoms with Crippen LogP contribution in [-0.4, -0.2) is 0 Å². The third-order valence-electron chi connectivity index (χ3n) is 6.25. The monoisotopic (exact) mass is 346 g/mol. The normalized spacial score (nSPS) is 20.3. The quantitative estimate of drug-likeness (QED) is 0.519. The van der Waals surface area contributed by atoms with Gasteiger partial charge in [0.2, 0.25) is 5.69 Å². The lowest BCUT2D eigenvalue weighted by atomic mass is 9.65. The topological polar surface area (TPSA) is 3.88 Å². The third-order valence-corrected chi connectivity index (χ3v) is 7.55. The van der Waals surface area contributed by atoms with E-state index < -0.39 is 0 Å². The standard InChI is InChI=1S/C23H24NS/c1-4-6-9-17-12-16-13-18-20-22(25-21(17)18)19-10-7-8-11-24(19)15(3)23(20,5-2)14-16/h7-8,10-13H,3-6,9,14H2,1-2H3/q+1. The summed E-state index contributed by atoms with van der Waals surface area (Å²) in [5, 5.41) is 1.51. The second-order valence-electron chi connectivity index (χ2n) is 7.56. The molecule has 1 aliphatic carbocycles. The molecule has 2 heteroatoms. The lowest BCUT2D eigenvalue weighted by Gasteiger charge is -2.37. The molecule has 0 radical (unpaired) electrons. The zero-order valence-corrected chi connectivity index (χ0v) is 15.9. The molecule has 1 atom stereocenters. The van der Waals surface area contributed by atoms with E-state index in [1.54, 1.807) is 11.1 Å². The molecule has 25 heavy (non-hydrogen) atoms. The average Bonchev–Trinajstić information content (AvgIpc) is 3.06. The Hall–Kier alpha value is -1.93. The Morgan fingerprint density at radius 3 is 2.92 bits per heavy atom. The Morgan fingerprint density at radius 1 is 1.24 bits per heavy atom. The zero-order valence-electron chi connectivity index (χ0n) is 15.1. The maximum atomic E-state index is 4.58. The van der Waals surface area contributed by atoms with Crippen LogP contribution >= 0.6 is 11.3 Å². The van der Waals surface area contributed by atoms with Crippen molar-refractivity contribution in [2.24, 2.45) is 0 Å². The van der Waals surface area contributed by atoms with Crippen LogP contribution in [0.2, 0.25) is 0 Å². The maximum Gasteiger partial charge on any atom is 0.228 e. The van der Waals surface area contributed by atoms with Gasteiger partial charge in [0, 0.05) is 22.4 Å². The molecular weight excluding hydrogens is 322 g/mol. The first kappa shape index (κ1) is 15.3. The molecule has 1 aliphatic heterocycles. The number of hydrogen-bond acceptors (Lipinski definition) is 1. The fourth-order valence-corrected chi connectivity index (χ4v) is 6.38. The van der Waals surface area contributed by atoms with Crippen LogP contribution in [-0.2, 0) is 18.3 Å². The van der Waals surface area contributed by atoms with E-state index in [2.05, 4.69) is 61.5 Å². The van der Waals surface area contributed by atoms with Crippen LogP contribution in [0.5, 0.6) is 0 Å². The van der Waals surface area contributed by atoms with Gasteiger partial charge in [-0.15, -0.1) is 11.3 Å². The highest BCUT2D eigenvalue weighted by Gasteiger charge is 2.50. The summed E-state index contributed by atoms with van der Waals surface area (Å²) in [7, 11) is 0. The number of aromatic nitrogens is 1. The summed E-state index contributed by atoms with van der Waals surface area (Å²) < 4.78 is 3.86. The zero-order chi connectivity index (χ0) is 17.2. The summed E-state index contributed by atoms with van der Waals surface area (Å²) in [6, 6.07) is 11.5.